The second kappa shape index (κ2) is 6.12. The predicted octanol–water partition coefficient (Wildman–Crippen LogP) is 2.47. The molecular formula is C15H20O3. The Hall–Kier alpha value is -1.19. The molecule has 1 saturated carbocycles. The lowest BCUT2D eigenvalue weighted by Crippen LogP contribution is -2.42. The van der Waals surface area contributed by atoms with Crippen molar-refractivity contribution in [3.8, 4) is 0 Å². The van der Waals surface area contributed by atoms with E-state index < -0.39 is 5.60 Å². The van der Waals surface area contributed by atoms with Crippen molar-refractivity contribution >= 4 is 5.78 Å². The van der Waals surface area contributed by atoms with Crippen LogP contribution in [0.3, 0.4) is 0 Å². The van der Waals surface area contributed by atoms with Gasteiger partial charge in [-0.2, -0.15) is 0 Å². The number of carbonyl (C=O) groups is 1. The summed E-state index contributed by atoms with van der Waals surface area (Å²) in [6.45, 7) is 0.425. The Morgan fingerprint density at radius 3 is 2.50 bits per heavy atom. The van der Waals surface area contributed by atoms with Crippen LogP contribution in [0.25, 0.3) is 0 Å². The lowest BCUT2D eigenvalue weighted by atomic mass is 9.82. The second-order valence-corrected chi connectivity index (χ2v) is 4.99. The van der Waals surface area contributed by atoms with E-state index in [4.69, 9.17) is 4.74 Å². The highest BCUT2D eigenvalue weighted by molar-refractivity contribution is 5.88. The standard InChI is InChI=1S/C15H20O3/c16-14(15(17)9-5-2-6-10-15)12-18-11-13-7-3-1-4-8-13/h1,3-4,7-8,17H,2,5-6,9-12H2. The fourth-order valence-corrected chi connectivity index (χ4v) is 2.39. The van der Waals surface area contributed by atoms with Crippen LogP contribution in [0.5, 0.6) is 0 Å². The summed E-state index contributed by atoms with van der Waals surface area (Å²) < 4.78 is 5.39. The molecule has 0 atom stereocenters. The maximum atomic E-state index is 11.9. The smallest absolute Gasteiger partial charge is 0.189 e. The molecule has 1 aromatic rings. The number of aliphatic hydroxyl groups is 1. The molecule has 0 saturated heterocycles. The molecule has 0 spiro atoms. The molecule has 0 bridgehead atoms. The number of rotatable bonds is 5. The Kier molecular flexibility index (Phi) is 4.50. The lowest BCUT2D eigenvalue weighted by Gasteiger charge is -2.30. The Bertz CT molecular complexity index is 380. The van der Waals surface area contributed by atoms with Crippen LogP contribution in [0, 0.1) is 0 Å². The van der Waals surface area contributed by atoms with E-state index in [-0.39, 0.29) is 12.4 Å². The molecule has 98 valence electrons. The zero-order valence-electron chi connectivity index (χ0n) is 10.6. The molecule has 1 aliphatic rings. The van der Waals surface area contributed by atoms with Gasteiger partial charge in [-0.25, -0.2) is 0 Å². The van der Waals surface area contributed by atoms with Crippen molar-refractivity contribution in [3.63, 3.8) is 0 Å². The quantitative estimate of drug-likeness (QED) is 0.870. The summed E-state index contributed by atoms with van der Waals surface area (Å²) in [5.74, 6) is -0.168. The number of hydrogen-bond acceptors (Lipinski definition) is 3. The van der Waals surface area contributed by atoms with Crippen molar-refractivity contribution in [1.82, 2.24) is 0 Å². The summed E-state index contributed by atoms with van der Waals surface area (Å²) in [6, 6.07) is 9.74. The van der Waals surface area contributed by atoms with Crippen molar-refractivity contribution in [3.05, 3.63) is 35.9 Å². The third-order valence-electron chi connectivity index (χ3n) is 3.54. The Morgan fingerprint density at radius 1 is 1.17 bits per heavy atom. The molecule has 1 N–H and O–H groups in total. The Morgan fingerprint density at radius 2 is 1.83 bits per heavy atom. The van der Waals surface area contributed by atoms with Gasteiger partial charge in [0.2, 0.25) is 0 Å². The first kappa shape index (κ1) is 13.2. The van der Waals surface area contributed by atoms with Gasteiger partial charge >= 0.3 is 0 Å². The highest BCUT2D eigenvalue weighted by Gasteiger charge is 2.36. The molecule has 2 rings (SSSR count). The number of ketones is 1. The number of carbonyl (C=O) groups excluding carboxylic acids is 1. The van der Waals surface area contributed by atoms with Crippen molar-refractivity contribution < 1.29 is 14.6 Å². The van der Waals surface area contributed by atoms with Crippen LogP contribution >= 0.6 is 0 Å². The minimum absolute atomic E-state index is 0.00535. The molecule has 3 nitrogen and oxygen atoms in total. The van der Waals surface area contributed by atoms with Gasteiger partial charge in [0.25, 0.3) is 0 Å². The largest absolute Gasteiger partial charge is 0.382 e. The SMILES string of the molecule is O=C(COCc1ccccc1)C1(O)CCCCC1. The van der Waals surface area contributed by atoms with Crippen LogP contribution in [0.4, 0.5) is 0 Å². The van der Waals surface area contributed by atoms with Gasteiger partial charge < -0.3 is 9.84 Å². The number of Topliss-reactive ketones (excluding diaryl/α,β-unsaturated/α-hetero) is 1. The van der Waals surface area contributed by atoms with Crippen molar-refractivity contribution in [2.45, 2.75) is 44.3 Å². The van der Waals surface area contributed by atoms with Gasteiger partial charge in [0.15, 0.2) is 5.78 Å². The van der Waals surface area contributed by atoms with Crippen molar-refractivity contribution in [2.75, 3.05) is 6.61 Å². The van der Waals surface area contributed by atoms with Crippen LogP contribution < -0.4 is 0 Å². The van der Waals surface area contributed by atoms with Crippen molar-refractivity contribution in [2.24, 2.45) is 0 Å². The molecule has 3 heteroatoms. The molecule has 0 aliphatic heterocycles. The van der Waals surface area contributed by atoms with E-state index >= 15 is 0 Å². The topological polar surface area (TPSA) is 46.5 Å². The fourth-order valence-electron chi connectivity index (χ4n) is 2.39. The van der Waals surface area contributed by atoms with Crippen LogP contribution in [-0.2, 0) is 16.1 Å². The lowest BCUT2D eigenvalue weighted by molar-refractivity contribution is -0.145. The average molecular weight is 248 g/mol. The molecular weight excluding hydrogens is 228 g/mol. The van der Waals surface area contributed by atoms with Crippen LogP contribution in [0.1, 0.15) is 37.7 Å². The molecule has 0 radical (unpaired) electrons. The zero-order valence-corrected chi connectivity index (χ0v) is 10.6. The molecule has 0 unspecified atom stereocenters. The molecule has 18 heavy (non-hydrogen) atoms. The highest BCUT2D eigenvalue weighted by Crippen LogP contribution is 2.28. The summed E-state index contributed by atoms with van der Waals surface area (Å²) >= 11 is 0. The normalized spacial score (nSPS) is 18.5. The summed E-state index contributed by atoms with van der Waals surface area (Å²) in [5.41, 5.74) is -0.0875. The second-order valence-electron chi connectivity index (χ2n) is 4.99. The summed E-state index contributed by atoms with van der Waals surface area (Å²) in [7, 11) is 0. The first-order valence-electron chi connectivity index (χ1n) is 6.58. The monoisotopic (exact) mass is 248 g/mol. The van der Waals surface area contributed by atoms with Gasteiger partial charge in [-0.15, -0.1) is 0 Å². The molecule has 1 aliphatic carbocycles. The molecule has 0 amide bonds. The van der Waals surface area contributed by atoms with Gasteiger partial charge in [0, 0.05) is 0 Å². The minimum Gasteiger partial charge on any atom is -0.382 e. The van der Waals surface area contributed by atoms with E-state index in [0.29, 0.717) is 19.4 Å². The summed E-state index contributed by atoms with van der Waals surface area (Å²) in [5, 5.41) is 10.2. The van der Waals surface area contributed by atoms with Gasteiger partial charge in [0.1, 0.15) is 12.2 Å². The van der Waals surface area contributed by atoms with Crippen molar-refractivity contribution in [1.29, 1.82) is 0 Å². The Balaban J connectivity index is 1.78. The van der Waals surface area contributed by atoms with E-state index in [1.54, 1.807) is 0 Å². The molecule has 1 fully saturated rings. The highest BCUT2D eigenvalue weighted by atomic mass is 16.5. The molecule has 0 heterocycles. The maximum absolute atomic E-state index is 11.9. The minimum atomic E-state index is -1.13. The zero-order chi connectivity index (χ0) is 12.8. The van der Waals surface area contributed by atoms with Crippen LogP contribution in [0.2, 0.25) is 0 Å². The Labute approximate surface area is 108 Å². The van der Waals surface area contributed by atoms with E-state index in [1.807, 2.05) is 30.3 Å². The third-order valence-corrected chi connectivity index (χ3v) is 3.54. The third kappa shape index (κ3) is 3.40. The van der Waals surface area contributed by atoms with E-state index in [2.05, 4.69) is 0 Å². The van der Waals surface area contributed by atoms with Gasteiger partial charge in [0.05, 0.1) is 6.61 Å². The van der Waals surface area contributed by atoms with E-state index in [9.17, 15) is 9.90 Å². The number of hydrogen-bond donors (Lipinski definition) is 1. The van der Waals surface area contributed by atoms with Crippen LogP contribution in [0.15, 0.2) is 30.3 Å². The average Bonchev–Trinajstić information content (AvgIpc) is 2.41. The number of ether oxygens (including phenoxy) is 1. The van der Waals surface area contributed by atoms with Gasteiger partial charge in [-0.3, -0.25) is 4.79 Å². The predicted molar refractivity (Wildman–Crippen MR) is 69.1 cm³/mol. The molecule has 0 aromatic heterocycles. The van der Waals surface area contributed by atoms with E-state index in [1.165, 1.54) is 0 Å². The molecule has 1 aromatic carbocycles. The summed E-state index contributed by atoms with van der Waals surface area (Å²) in [4.78, 5) is 11.9. The fraction of sp³-hybridized carbons (Fsp3) is 0.533. The van der Waals surface area contributed by atoms with E-state index in [0.717, 1.165) is 24.8 Å². The first-order valence-corrected chi connectivity index (χ1v) is 6.58. The maximum Gasteiger partial charge on any atom is 0.189 e. The van der Waals surface area contributed by atoms with Gasteiger partial charge in [-0.05, 0) is 18.4 Å². The number of benzene rings is 1. The summed E-state index contributed by atoms with van der Waals surface area (Å²) in [6.07, 6.45) is 4.14. The van der Waals surface area contributed by atoms with Gasteiger partial charge in [-0.1, -0.05) is 49.6 Å². The van der Waals surface area contributed by atoms with Crippen LogP contribution in [-0.4, -0.2) is 23.1 Å². The first-order chi connectivity index (χ1) is 8.71.